The Morgan fingerprint density at radius 3 is 2.09 bits per heavy atom. The highest BCUT2D eigenvalue weighted by Crippen LogP contribution is 2.08. The summed E-state index contributed by atoms with van der Waals surface area (Å²) < 4.78 is 0. The van der Waals surface area contributed by atoms with Crippen LogP contribution >= 0.6 is 34.0 Å². The molecule has 0 amide bonds. The van der Waals surface area contributed by atoms with Gasteiger partial charge in [-0.25, -0.2) is 0 Å². The number of benzene rings is 1. The van der Waals surface area contributed by atoms with E-state index in [1.54, 1.807) is 0 Å². The zero-order chi connectivity index (χ0) is 14.3. The third-order valence-electron chi connectivity index (χ3n) is 4.15. The second-order valence-corrected chi connectivity index (χ2v) is 5.71. The first kappa shape index (κ1) is 20.3. The highest BCUT2D eigenvalue weighted by Gasteiger charge is 2.16. The zero-order valence-electron chi connectivity index (χ0n) is 13.3. The van der Waals surface area contributed by atoms with Crippen LogP contribution < -0.4 is 0 Å². The maximum absolute atomic E-state index is 4.19. The normalized spacial score (nSPS) is 15.5. The van der Waals surface area contributed by atoms with E-state index in [1.807, 2.05) is 18.5 Å². The van der Waals surface area contributed by atoms with Crippen LogP contribution in [0.5, 0.6) is 0 Å². The van der Waals surface area contributed by atoms with E-state index in [1.165, 1.54) is 30.8 Å². The van der Waals surface area contributed by atoms with Crippen molar-refractivity contribution in [1.29, 1.82) is 0 Å². The lowest BCUT2D eigenvalue weighted by atomic mass is 10.1. The lowest BCUT2D eigenvalue weighted by Crippen LogP contribution is -2.46. The maximum Gasteiger partial charge on any atom is 0.0312 e. The molecule has 5 heteroatoms. The number of hydrogen-bond donors (Lipinski definition) is 0. The molecule has 1 fully saturated rings. The van der Waals surface area contributed by atoms with E-state index in [4.69, 9.17) is 0 Å². The van der Waals surface area contributed by atoms with E-state index in [9.17, 15) is 0 Å². The van der Waals surface area contributed by atoms with Gasteiger partial charge in [0.05, 0.1) is 0 Å². The molecule has 1 saturated heterocycles. The summed E-state index contributed by atoms with van der Waals surface area (Å²) in [6.07, 6.45) is 4.97. The van der Waals surface area contributed by atoms with Gasteiger partial charge in [-0.3, -0.25) is 9.88 Å². The Morgan fingerprint density at radius 2 is 1.43 bits per heavy atom. The van der Waals surface area contributed by atoms with Crippen LogP contribution in [0.2, 0.25) is 0 Å². The fourth-order valence-corrected chi connectivity index (χ4v) is 2.85. The maximum atomic E-state index is 4.19. The molecular formula is C18H25Br2N3. The van der Waals surface area contributed by atoms with Crippen LogP contribution in [0, 0.1) is 0 Å². The SMILES string of the molecule is Br.Br.c1ccc(CCN2CCN(Cc3cccnc3)CC2)cc1. The molecule has 23 heavy (non-hydrogen) atoms. The minimum absolute atomic E-state index is 0. The van der Waals surface area contributed by atoms with Crippen LogP contribution in [0.15, 0.2) is 54.9 Å². The summed E-state index contributed by atoms with van der Waals surface area (Å²) in [5, 5.41) is 0. The number of hydrogen-bond acceptors (Lipinski definition) is 3. The first-order chi connectivity index (χ1) is 10.4. The monoisotopic (exact) mass is 441 g/mol. The molecule has 0 radical (unpaired) electrons. The van der Waals surface area contributed by atoms with Gasteiger partial charge in [-0.2, -0.15) is 0 Å². The van der Waals surface area contributed by atoms with Gasteiger partial charge in [0, 0.05) is 51.7 Å². The van der Waals surface area contributed by atoms with Crippen LogP contribution in [-0.4, -0.2) is 47.5 Å². The fraction of sp³-hybridized carbons (Fsp3) is 0.389. The van der Waals surface area contributed by atoms with Gasteiger partial charge >= 0.3 is 0 Å². The standard InChI is InChI=1S/C18H23N3.2BrH/c1-2-5-17(6-3-1)8-10-20-11-13-21(14-12-20)16-18-7-4-9-19-15-18;;/h1-7,9,15H,8,10-14,16H2;2*1H. The summed E-state index contributed by atoms with van der Waals surface area (Å²) in [5.41, 5.74) is 2.76. The van der Waals surface area contributed by atoms with Crippen molar-refractivity contribution in [3.05, 3.63) is 66.0 Å². The highest BCUT2D eigenvalue weighted by molar-refractivity contribution is 8.93. The zero-order valence-corrected chi connectivity index (χ0v) is 16.7. The Morgan fingerprint density at radius 1 is 0.783 bits per heavy atom. The summed E-state index contributed by atoms with van der Waals surface area (Å²) >= 11 is 0. The summed E-state index contributed by atoms with van der Waals surface area (Å²) in [6.45, 7) is 6.86. The second-order valence-electron chi connectivity index (χ2n) is 5.71. The Balaban J connectivity index is 0.00000132. The number of halogens is 2. The van der Waals surface area contributed by atoms with Gasteiger partial charge in [-0.05, 0) is 23.6 Å². The molecule has 0 spiro atoms. The lowest BCUT2D eigenvalue weighted by Gasteiger charge is -2.34. The lowest BCUT2D eigenvalue weighted by molar-refractivity contribution is 0.128. The smallest absolute Gasteiger partial charge is 0.0312 e. The van der Waals surface area contributed by atoms with Crippen molar-refractivity contribution in [3.63, 3.8) is 0 Å². The minimum Gasteiger partial charge on any atom is -0.300 e. The quantitative estimate of drug-likeness (QED) is 0.705. The predicted octanol–water partition coefficient (Wildman–Crippen LogP) is 3.60. The van der Waals surface area contributed by atoms with E-state index >= 15 is 0 Å². The van der Waals surface area contributed by atoms with Crippen molar-refractivity contribution in [2.75, 3.05) is 32.7 Å². The summed E-state index contributed by atoms with van der Waals surface area (Å²) in [5.74, 6) is 0. The van der Waals surface area contributed by atoms with Crippen LogP contribution in [0.4, 0.5) is 0 Å². The number of piperazine rings is 1. The largest absolute Gasteiger partial charge is 0.300 e. The van der Waals surface area contributed by atoms with Gasteiger partial charge in [-0.1, -0.05) is 36.4 Å². The summed E-state index contributed by atoms with van der Waals surface area (Å²) in [7, 11) is 0. The molecule has 0 bridgehead atoms. The van der Waals surface area contributed by atoms with Crippen molar-refractivity contribution in [2.24, 2.45) is 0 Å². The van der Waals surface area contributed by atoms with E-state index < -0.39 is 0 Å². The Bertz CT molecular complexity index is 528. The van der Waals surface area contributed by atoms with Gasteiger partial charge in [0.15, 0.2) is 0 Å². The first-order valence-corrected chi connectivity index (χ1v) is 7.78. The predicted molar refractivity (Wildman–Crippen MR) is 107 cm³/mol. The number of rotatable bonds is 5. The molecule has 0 aliphatic carbocycles. The average Bonchev–Trinajstić information content (AvgIpc) is 2.56. The Kier molecular flexibility index (Phi) is 9.63. The molecule has 3 rings (SSSR count). The first-order valence-electron chi connectivity index (χ1n) is 7.78. The highest BCUT2D eigenvalue weighted by atomic mass is 79.9. The van der Waals surface area contributed by atoms with Crippen LogP contribution in [-0.2, 0) is 13.0 Å². The second kappa shape index (κ2) is 10.9. The topological polar surface area (TPSA) is 19.4 Å². The molecule has 0 N–H and O–H groups in total. The molecule has 1 aliphatic rings. The molecule has 2 heterocycles. The van der Waals surface area contributed by atoms with Crippen molar-refractivity contribution >= 4 is 34.0 Å². The van der Waals surface area contributed by atoms with E-state index in [-0.39, 0.29) is 34.0 Å². The van der Waals surface area contributed by atoms with Gasteiger partial charge < -0.3 is 4.90 Å². The molecule has 2 aromatic rings. The van der Waals surface area contributed by atoms with Gasteiger partial charge in [-0.15, -0.1) is 34.0 Å². The molecule has 1 aromatic heterocycles. The number of pyridine rings is 1. The van der Waals surface area contributed by atoms with E-state index in [2.05, 4.69) is 51.2 Å². The molecule has 0 saturated carbocycles. The van der Waals surface area contributed by atoms with Crippen LogP contribution in [0.3, 0.4) is 0 Å². The number of nitrogens with zero attached hydrogens (tertiary/aromatic N) is 3. The van der Waals surface area contributed by atoms with Gasteiger partial charge in [0.25, 0.3) is 0 Å². The fourth-order valence-electron chi connectivity index (χ4n) is 2.85. The van der Waals surface area contributed by atoms with Crippen LogP contribution in [0.25, 0.3) is 0 Å². The van der Waals surface area contributed by atoms with E-state index in [0.717, 1.165) is 26.1 Å². The van der Waals surface area contributed by atoms with E-state index in [0.29, 0.717) is 0 Å². The van der Waals surface area contributed by atoms with Gasteiger partial charge in [0.1, 0.15) is 0 Å². The third kappa shape index (κ3) is 6.71. The van der Waals surface area contributed by atoms with Gasteiger partial charge in [0.2, 0.25) is 0 Å². The molecule has 1 aliphatic heterocycles. The summed E-state index contributed by atoms with van der Waals surface area (Å²) in [4.78, 5) is 9.29. The van der Waals surface area contributed by atoms with Crippen molar-refractivity contribution in [1.82, 2.24) is 14.8 Å². The van der Waals surface area contributed by atoms with Crippen molar-refractivity contribution in [3.8, 4) is 0 Å². The van der Waals surface area contributed by atoms with Crippen molar-refractivity contribution in [2.45, 2.75) is 13.0 Å². The Hall–Kier alpha value is -0.750. The Labute approximate surface area is 160 Å². The molecule has 3 nitrogen and oxygen atoms in total. The molecule has 0 unspecified atom stereocenters. The average molecular weight is 443 g/mol. The summed E-state index contributed by atoms with van der Waals surface area (Å²) in [6, 6.07) is 15.0. The minimum atomic E-state index is 0. The molecule has 1 aromatic carbocycles. The van der Waals surface area contributed by atoms with Crippen molar-refractivity contribution < 1.29 is 0 Å². The molecule has 0 atom stereocenters. The molecular weight excluding hydrogens is 418 g/mol. The van der Waals surface area contributed by atoms with Crippen LogP contribution in [0.1, 0.15) is 11.1 Å². The molecule has 126 valence electrons. The third-order valence-corrected chi connectivity index (χ3v) is 4.15. The number of aromatic nitrogens is 1.